The van der Waals surface area contributed by atoms with Gasteiger partial charge in [-0.25, -0.2) is 4.98 Å². The van der Waals surface area contributed by atoms with E-state index >= 15 is 0 Å². The lowest BCUT2D eigenvalue weighted by Gasteiger charge is -2.27. The number of H-pyrrole nitrogens is 1. The van der Waals surface area contributed by atoms with Crippen molar-refractivity contribution in [1.82, 2.24) is 14.9 Å². The summed E-state index contributed by atoms with van der Waals surface area (Å²) < 4.78 is 10.6. The average molecular weight is 392 g/mol. The van der Waals surface area contributed by atoms with E-state index in [0.29, 0.717) is 29.7 Å². The van der Waals surface area contributed by atoms with Crippen molar-refractivity contribution in [3.8, 4) is 11.5 Å². The molecule has 150 valence electrons. The molecule has 2 heterocycles. The molecule has 7 nitrogen and oxygen atoms in total. The van der Waals surface area contributed by atoms with E-state index in [1.54, 1.807) is 20.3 Å². The van der Waals surface area contributed by atoms with Gasteiger partial charge >= 0.3 is 0 Å². The first-order valence-corrected chi connectivity index (χ1v) is 9.53. The molecular weight excluding hydrogens is 368 g/mol. The zero-order chi connectivity index (χ0) is 20.2. The van der Waals surface area contributed by atoms with E-state index in [4.69, 9.17) is 9.47 Å². The summed E-state index contributed by atoms with van der Waals surface area (Å²) in [5.74, 6) is 1.71. The fourth-order valence-corrected chi connectivity index (χ4v) is 3.55. The van der Waals surface area contributed by atoms with Gasteiger partial charge in [0.25, 0.3) is 5.56 Å². The van der Waals surface area contributed by atoms with Crippen molar-refractivity contribution in [2.75, 3.05) is 26.1 Å². The first-order valence-electron chi connectivity index (χ1n) is 9.53. The van der Waals surface area contributed by atoms with E-state index < -0.39 is 0 Å². The van der Waals surface area contributed by atoms with Crippen molar-refractivity contribution < 1.29 is 9.47 Å². The van der Waals surface area contributed by atoms with Gasteiger partial charge in [0.2, 0.25) is 5.95 Å². The normalized spacial score (nSPS) is 13.6. The van der Waals surface area contributed by atoms with Crippen LogP contribution in [0.2, 0.25) is 0 Å². The molecule has 0 saturated heterocycles. The third-order valence-corrected chi connectivity index (χ3v) is 5.06. The van der Waals surface area contributed by atoms with E-state index in [1.165, 1.54) is 5.56 Å². The molecule has 1 aliphatic heterocycles. The third-order valence-electron chi connectivity index (χ3n) is 5.06. The molecule has 1 aromatic heterocycles. The van der Waals surface area contributed by atoms with E-state index in [-0.39, 0.29) is 5.56 Å². The van der Waals surface area contributed by atoms with Crippen molar-refractivity contribution in [2.24, 2.45) is 0 Å². The molecule has 0 atom stereocenters. The Hall–Kier alpha value is -3.32. The number of ether oxygens (including phenoxy) is 2. The topological polar surface area (TPSA) is 79.5 Å². The molecule has 4 rings (SSSR count). The molecule has 29 heavy (non-hydrogen) atoms. The van der Waals surface area contributed by atoms with Gasteiger partial charge in [-0.1, -0.05) is 30.3 Å². The van der Waals surface area contributed by atoms with Gasteiger partial charge in [0.05, 0.1) is 31.2 Å². The Kier molecular flexibility index (Phi) is 5.48. The van der Waals surface area contributed by atoms with Crippen LogP contribution in [-0.2, 0) is 19.5 Å². The van der Waals surface area contributed by atoms with Crippen molar-refractivity contribution in [2.45, 2.75) is 19.5 Å². The Morgan fingerprint density at radius 2 is 1.97 bits per heavy atom. The minimum atomic E-state index is -0.109. The predicted octanol–water partition coefficient (Wildman–Crippen LogP) is 3.09. The first kappa shape index (κ1) is 19.0. The molecule has 0 aliphatic carbocycles. The number of hydrogen-bond donors (Lipinski definition) is 2. The molecule has 0 bridgehead atoms. The van der Waals surface area contributed by atoms with Gasteiger partial charge in [0.1, 0.15) is 11.5 Å². The van der Waals surface area contributed by atoms with Crippen LogP contribution >= 0.6 is 0 Å². The van der Waals surface area contributed by atoms with Crippen LogP contribution < -0.4 is 20.3 Å². The second-order valence-corrected chi connectivity index (χ2v) is 6.98. The largest absolute Gasteiger partial charge is 0.497 e. The monoisotopic (exact) mass is 392 g/mol. The van der Waals surface area contributed by atoms with Gasteiger partial charge in [-0.05, 0) is 17.7 Å². The van der Waals surface area contributed by atoms with Crippen LogP contribution in [0, 0.1) is 0 Å². The van der Waals surface area contributed by atoms with Gasteiger partial charge in [-0.3, -0.25) is 14.7 Å². The van der Waals surface area contributed by atoms with E-state index in [1.807, 2.05) is 30.3 Å². The molecule has 0 amide bonds. The Balaban J connectivity index is 1.53. The summed E-state index contributed by atoms with van der Waals surface area (Å²) in [7, 11) is 3.19. The molecule has 0 unspecified atom stereocenters. The molecule has 0 fully saturated rings. The number of anilines is 2. The zero-order valence-corrected chi connectivity index (χ0v) is 16.6. The van der Waals surface area contributed by atoms with E-state index in [2.05, 4.69) is 32.3 Å². The van der Waals surface area contributed by atoms with Crippen LogP contribution in [0.25, 0.3) is 0 Å². The van der Waals surface area contributed by atoms with Crippen LogP contribution in [0.4, 0.5) is 11.6 Å². The van der Waals surface area contributed by atoms with Crippen LogP contribution in [0.15, 0.2) is 53.3 Å². The maximum atomic E-state index is 12.7. The highest BCUT2D eigenvalue weighted by molar-refractivity contribution is 5.64. The first-order chi connectivity index (χ1) is 14.2. The highest BCUT2D eigenvalue weighted by atomic mass is 16.5. The van der Waals surface area contributed by atoms with Gasteiger partial charge in [-0.2, -0.15) is 0 Å². The van der Waals surface area contributed by atoms with Crippen molar-refractivity contribution in [3.05, 3.63) is 75.7 Å². The number of methoxy groups -OCH3 is 2. The second-order valence-electron chi connectivity index (χ2n) is 6.98. The number of aromatic nitrogens is 2. The van der Waals surface area contributed by atoms with Crippen LogP contribution in [0.5, 0.6) is 11.5 Å². The molecule has 0 saturated carbocycles. The number of benzene rings is 2. The third kappa shape index (κ3) is 4.25. The van der Waals surface area contributed by atoms with E-state index in [9.17, 15) is 4.79 Å². The molecular formula is C22H24N4O3. The summed E-state index contributed by atoms with van der Waals surface area (Å²) in [4.78, 5) is 22.5. The Morgan fingerprint density at radius 3 is 2.72 bits per heavy atom. The minimum Gasteiger partial charge on any atom is -0.497 e. The number of fused-ring (bicyclic) bond motifs is 1. The highest BCUT2D eigenvalue weighted by Gasteiger charge is 2.21. The van der Waals surface area contributed by atoms with Crippen molar-refractivity contribution in [3.63, 3.8) is 0 Å². The van der Waals surface area contributed by atoms with Gasteiger partial charge in [-0.15, -0.1) is 0 Å². The maximum absolute atomic E-state index is 12.7. The predicted molar refractivity (Wildman–Crippen MR) is 112 cm³/mol. The lowest BCUT2D eigenvalue weighted by Crippen LogP contribution is -2.35. The van der Waals surface area contributed by atoms with E-state index in [0.717, 1.165) is 30.8 Å². The number of rotatable bonds is 6. The number of nitrogens with one attached hydrogen (secondary N) is 2. The maximum Gasteiger partial charge on any atom is 0.257 e. The Morgan fingerprint density at radius 1 is 1.14 bits per heavy atom. The Bertz CT molecular complexity index is 1050. The molecule has 0 spiro atoms. The van der Waals surface area contributed by atoms with Gasteiger partial charge in [0, 0.05) is 32.1 Å². The highest BCUT2D eigenvalue weighted by Crippen LogP contribution is 2.30. The minimum absolute atomic E-state index is 0.109. The fourth-order valence-electron chi connectivity index (χ4n) is 3.55. The van der Waals surface area contributed by atoms with Crippen molar-refractivity contribution >= 4 is 11.6 Å². The lowest BCUT2D eigenvalue weighted by atomic mass is 10.1. The summed E-state index contributed by atoms with van der Waals surface area (Å²) in [5, 5.41) is 3.16. The summed E-state index contributed by atoms with van der Waals surface area (Å²) in [6.45, 7) is 2.28. The van der Waals surface area contributed by atoms with Crippen LogP contribution in [0.3, 0.4) is 0 Å². The number of aromatic amines is 1. The standard InChI is InChI=1S/C22H24N4O3/c1-28-16-8-9-19(20(12-16)29-2)24-22-23-18-10-11-26(14-17(18)21(27)25-22)13-15-6-4-3-5-7-15/h3-9,12H,10-11,13-14H2,1-2H3,(H2,23,24,25,27). The second kappa shape index (κ2) is 8.36. The summed E-state index contributed by atoms with van der Waals surface area (Å²) in [6, 6.07) is 15.7. The van der Waals surface area contributed by atoms with Crippen molar-refractivity contribution in [1.29, 1.82) is 0 Å². The Labute approximate surface area is 169 Å². The molecule has 0 radical (unpaired) electrons. The summed E-state index contributed by atoms with van der Waals surface area (Å²) in [6.07, 6.45) is 0.737. The quantitative estimate of drug-likeness (QED) is 0.671. The zero-order valence-electron chi connectivity index (χ0n) is 16.6. The molecule has 1 aliphatic rings. The van der Waals surface area contributed by atoms with Gasteiger partial charge in [0.15, 0.2) is 0 Å². The van der Waals surface area contributed by atoms with Crippen LogP contribution in [-0.4, -0.2) is 35.6 Å². The fraction of sp³-hybridized carbons (Fsp3) is 0.273. The molecule has 2 aromatic carbocycles. The number of nitrogens with zero attached hydrogens (tertiary/aromatic N) is 2. The van der Waals surface area contributed by atoms with Gasteiger partial charge < -0.3 is 14.8 Å². The average Bonchev–Trinajstić information content (AvgIpc) is 2.75. The smallest absolute Gasteiger partial charge is 0.257 e. The summed E-state index contributed by atoms with van der Waals surface area (Å²) >= 11 is 0. The molecule has 3 aromatic rings. The molecule has 7 heteroatoms. The van der Waals surface area contributed by atoms with Crippen LogP contribution in [0.1, 0.15) is 16.8 Å². The SMILES string of the molecule is COc1ccc(Nc2nc3c(c(=O)[nH]2)CN(Cc2ccccc2)CC3)c(OC)c1. The molecule has 2 N–H and O–H groups in total. The summed E-state index contributed by atoms with van der Waals surface area (Å²) in [5.41, 5.74) is 3.42. The lowest BCUT2D eigenvalue weighted by molar-refractivity contribution is 0.242. The number of hydrogen-bond acceptors (Lipinski definition) is 6.